The number of rotatable bonds is 4. The van der Waals surface area contributed by atoms with Crippen LogP contribution in [0.4, 0.5) is 0 Å². The van der Waals surface area contributed by atoms with Gasteiger partial charge >= 0.3 is 0 Å². The number of piperazine rings is 1. The molecule has 3 aromatic rings. The number of aromatic nitrogens is 1. The van der Waals surface area contributed by atoms with Crippen molar-refractivity contribution in [2.45, 2.75) is 40.7 Å². The van der Waals surface area contributed by atoms with Gasteiger partial charge in [0, 0.05) is 49.2 Å². The molecule has 1 aromatic carbocycles. The Labute approximate surface area is 165 Å². The highest BCUT2D eigenvalue weighted by atomic mass is 16.5. The third kappa shape index (κ3) is 3.44. The number of benzene rings is 1. The number of aryl methyl sites for hydroxylation is 4. The molecule has 2 aromatic heterocycles. The van der Waals surface area contributed by atoms with Crippen LogP contribution in [0.2, 0.25) is 0 Å². The molecule has 0 radical (unpaired) electrons. The second-order valence-corrected chi connectivity index (χ2v) is 7.78. The van der Waals surface area contributed by atoms with Crippen LogP contribution in [-0.4, -0.2) is 47.0 Å². The summed E-state index contributed by atoms with van der Waals surface area (Å²) in [5.41, 5.74) is 6.33. The Balaban J connectivity index is 1.38. The summed E-state index contributed by atoms with van der Waals surface area (Å²) >= 11 is 0. The average Bonchev–Trinajstić information content (AvgIpc) is 3.24. The van der Waals surface area contributed by atoms with Gasteiger partial charge in [-0.2, -0.15) is 0 Å². The summed E-state index contributed by atoms with van der Waals surface area (Å²) in [6.45, 7) is 12.1. The van der Waals surface area contributed by atoms with E-state index < -0.39 is 0 Å². The molecular formula is C22H27N3O3. The van der Waals surface area contributed by atoms with Crippen LogP contribution in [0.3, 0.4) is 0 Å². The Morgan fingerprint density at radius 3 is 2.54 bits per heavy atom. The first-order valence-corrected chi connectivity index (χ1v) is 9.82. The Morgan fingerprint density at radius 1 is 1.11 bits per heavy atom. The van der Waals surface area contributed by atoms with Crippen LogP contribution in [0.1, 0.15) is 33.7 Å². The summed E-state index contributed by atoms with van der Waals surface area (Å²) in [4.78, 5) is 17.2. The normalized spacial score (nSPS) is 15.5. The lowest BCUT2D eigenvalue weighted by Crippen LogP contribution is -2.48. The molecule has 6 heteroatoms. The van der Waals surface area contributed by atoms with E-state index in [2.05, 4.69) is 36.0 Å². The zero-order valence-electron chi connectivity index (χ0n) is 17.0. The minimum absolute atomic E-state index is 0.165. The Hall–Kier alpha value is -2.60. The van der Waals surface area contributed by atoms with Gasteiger partial charge in [-0.25, -0.2) is 0 Å². The van der Waals surface area contributed by atoms with Crippen molar-refractivity contribution >= 4 is 16.9 Å². The third-order valence-electron chi connectivity index (χ3n) is 5.97. The number of amides is 1. The minimum Gasteiger partial charge on any atom is -0.464 e. The van der Waals surface area contributed by atoms with Gasteiger partial charge in [-0.15, -0.1) is 0 Å². The van der Waals surface area contributed by atoms with E-state index in [0.29, 0.717) is 6.42 Å². The third-order valence-corrected chi connectivity index (χ3v) is 5.97. The van der Waals surface area contributed by atoms with E-state index in [4.69, 9.17) is 8.94 Å². The maximum Gasteiger partial charge on any atom is 0.227 e. The maximum atomic E-state index is 12.8. The first-order chi connectivity index (χ1) is 13.4. The number of fused-ring (bicyclic) bond motifs is 1. The van der Waals surface area contributed by atoms with Crippen LogP contribution >= 0.6 is 0 Å². The van der Waals surface area contributed by atoms with Crippen LogP contribution < -0.4 is 0 Å². The molecule has 0 spiro atoms. The molecule has 4 rings (SSSR count). The van der Waals surface area contributed by atoms with E-state index in [1.54, 1.807) is 6.26 Å². The topological polar surface area (TPSA) is 62.7 Å². The van der Waals surface area contributed by atoms with E-state index in [9.17, 15) is 4.79 Å². The van der Waals surface area contributed by atoms with Crippen LogP contribution in [0, 0.1) is 27.7 Å². The molecule has 1 amide bonds. The SMILES string of the molecule is Cc1ccc2c(CC(=O)N3CCN(Cc4c(C)noc4C)CC3)coc2c1C. The molecule has 0 saturated carbocycles. The van der Waals surface area contributed by atoms with Gasteiger partial charge in [-0.1, -0.05) is 17.3 Å². The highest BCUT2D eigenvalue weighted by molar-refractivity contribution is 5.89. The Morgan fingerprint density at radius 2 is 1.86 bits per heavy atom. The lowest BCUT2D eigenvalue weighted by Gasteiger charge is -2.34. The minimum atomic E-state index is 0.165. The van der Waals surface area contributed by atoms with Crippen molar-refractivity contribution < 1.29 is 13.7 Å². The lowest BCUT2D eigenvalue weighted by atomic mass is 10.0. The highest BCUT2D eigenvalue weighted by Gasteiger charge is 2.24. The fraction of sp³-hybridized carbons (Fsp3) is 0.455. The summed E-state index contributed by atoms with van der Waals surface area (Å²) < 4.78 is 11.0. The van der Waals surface area contributed by atoms with Gasteiger partial charge < -0.3 is 13.8 Å². The van der Waals surface area contributed by atoms with E-state index in [1.165, 1.54) is 5.56 Å². The van der Waals surface area contributed by atoms with E-state index in [0.717, 1.165) is 71.8 Å². The quantitative estimate of drug-likeness (QED) is 0.692. The molecule has 148 valence electrons. The molecule has 1 aliphatic heterocycles. The second kappa shape index (κ2) is 7.43. The Kier molecular flexibility index (Phi) is 4.98. The zero-order chi connectivity index (χ0) is 19.8. The maximum absolute atomic E-state index is 12.8. The predicted molar refractivity (Wildman–Crippen MR) is 107 cm³/mol. The molecule has 28 heavy (non-hydrogen) atoms. The van der Waals surface area contributed by atoms with Gasteiger partial charge in [0.2, 0.25) is 5.91 Å². The zero-order valence-corrected chi connectivity index (χ0v) is 17.0. The summed E-state index contributed by atoms with van der Waals surface area (Å²) in [7, 11) is 0. The van der Waals surface area contributed by atoms with E-state index in [1.807, 2.05) is 18.7 Å². The summed E-state index contributed by atoms with van der Waals surface area (Å²) in [6, 6.07) is 4.15. The van der Waals surface area contributed by atoms with Gasteiger partial charge in [0.25, 0.3) is 0 Å². The molecule has 0 unspecified atom stereocenters. The van der Waals surface area contributed by atoms with Crippen LogP contribution in [0.25, 0.3) is 11.0 Å². The predicted octanol–water partition coefficient (Wildman–Crippen LogP) is 3.54. The van der Waals surface area contributed by atoms with Crippen molar-refractivity contribution in [1.82, 2.24) is 15.0 Å². The number of nitrogens with zero attached hydrogens (tertiary/aromatic N) is 3. The molecule has 1 aliphatic rings. The first-order valence-electron chi connectivity index (χ1n) is 9.82. The van der Waals surface area contributed by atoms with Gasteiger partial charge in [0.15, 0.2) is 0 Å². The summed E-state index contributed by atoms with van der Waals surface area (Å²) in [5, 5.41) is 5.08. The Bertz CT molecular complexity index is 990. The molecule has 1 saturated heterocycles. The van der Waals surface area contributed by atoms with Crippen molar-refractivity contribution in [2.75, 3.05) is 26.2 Å². The summed E-state index contributed by atoms with van der Waals surface area (Å²) in [6.07, 6.45) is 2.13. The van der Waals surface area contributed by atoms with Gasteiger partial charge in [-0.05, 0) is 38.8 Å². The van der Waals surface area contributed by atoms with Crippen molar-refractivity contribution in [3.05, 3.63) is 52.1 Å². The molecule has 0 atom stereocenters. The monoisotopic (exact) mass is 381 g/mol. The molecule has 3 heterocycles. The fourth-order valence-electron chi connectivity index (χ4n) is 3.91. The van der Waals surface area contributed by atoms with Crippen molar-refractivity contribution in [2.24, 2.45) is 0 Å². The van der Waals surface area contributed by atoms with Crippen LogP contribution in [0.15, 0.2) is 27.3 Å². The van der Waals surface area contributed by atoms with Gasteiger partial charge in [0.1, 0.15) is 11.3 Å². The van der Waals surface area contributed by atoms with Crippen molar-refractivity contribution in [3.63, 3.8) is 0 Å². The number of hydrogen-bond donors (Lipinski definition) is 0. The molecule has 0 aliphatic carbocycles. The van der Waals surface area contributed by atoms with Gasteiger partial charge in [0.05, 0.1) is 18.4 Å². The number of hydrogen-bond acceptors (Lipinski definition) is 5. The summed E-state index contributed by atoms with van der Waals surface area (Å²) in [5.74, 6) is 1.05. The van der Waals surface area contributed by atoms with E-state index in [-0.39, 0.29) is 5.91 Å². The lowest BCUT2D eigenvalue weighted by molar-refractivity contribution is -0.132. The molecule has 1 fully saturated rings. The van der Waals surface area contributed by atoms with Crippen molar-refractivity contribution in [1.29, 1.82) is 0 Å². The van der Waals surface area contributed by atoms with E-state index >= 15 is 0 Å². The smallest absolute Gasteiger partial charge is 0.227 e. The standard InChI is InChI=1S/C22H27N3O3/c1-14-5-6-19-18(13-27-22(19)15(14)2)11-21(26)25-9-7-24(8-10-25)12-20-16(3)23-28-17(20)4/h5-6,13H,7-12H2,1-4H3. The molecule has 0 bridgehead atoms. The first kappa shape index (κ1) is 18.7. The molecular weight excluding hydrogens is 354 g/mol. The van der Waals surface area contributed by atoms with Crippen LogP contribution in [0.5, 0.6) is 0 Å². The van der Waals surface area contributed by atoms with Crippen molar-refractivity contribution in [3.8, 4) is 0 Å². The number of furan rings is 1. The largest absolute Gasteiger partial charge is 0.464 e. The second-order valence-electron chi connectivity index (χ2n) is 7.78. The highest BCUT2D eigenvalue weighted by Crippen LogP contribution is 2.27. The molecule has 6 nitrogen and oxygen atoms in total. The average molecular weight is 381 g/mol. The number of carbonyl (C=O) groups excluding carboxylic acids is 1. The molecule has 0 N–H and O–H groups in total. The number of carbonyl (C=O) groups is 1. The fourth-order valence-corrected chi connectivity index (χ4v) is 3.91. The van der Waals surface area contributed by atoms with Gasteiger partial charge in [-0.3, -0.25) is 9.69 Å². The van der Waals surface area contributed by atoms with Crippen LogP contribution in [-0.2, 0) is 17.8 Å².